The minimum Gasteiger partial charge on any atom is -0.457 e. The van der Waals surface area contributed by atoms with E-state index in [1.165, 1.54) is 24.3 Å². The lowest BCUT2D eigenvalue weighted by Crippen LogP contribution is -2.43. The lowest BCUT2D eigenvalue weighted by molar-refractivity contribution is -0.136. The number of aromatic nitrogens is 1. The summed E-state index contributed by atoms with van der Waals surface area (Å²) in [6.07, 6.45) is 1.46. The molecule has 2 amide bonds. The highest BCUT2D eigenvalue weighted by Gasteiger charge is 2.34. The Morgan fingerprint density at radius 3 is 2.48 bits per heavy atom. The smallest absolute Gasteiger partial charge is 0.247 e. The zero-order valence-corrected chi connectivity index (χ0v) is 17.0. The summed E-state index contributed by atoms with van der Waals surface area (Å²) in [7, 11) is 0. The number of hydrogen-bond acceptors (Lipinski definition) is 5. The molecule has 1 N–H and O–H groups in total. The summed E-state index contributed by atoms with van der Waals surface area (Å²) in [5.74, 6) is 0.847. The predicted molar refractivity (Wildman–Crippen MR) is 111 cm³/mol. The molecule has 0 saturated carbocycles. The molecule has 1 aromatic heterocycles. The average Bonchev–Trinajstić information content (AvgIpc) is 3.40. The molecule has 1 aliphatic heterocycles. The zero-order chi connectivity index (χ0) is 21.8. The average molecular weight is 423 g/mol. The van der Waals surface area contributed by atoms with Crippen LogP contribution in [0.1, 0.15) is 24.3 Å². The van der Waals surface area contributed by atoms with E-state index in [2.05, 4.69) is 10.5 Å². The number of ether oxygens (including phenoxy) is 1. The maximum Gasteiger partial charge on any atom is 0.247 e. The minimum absolute atomic E-state index is 0.0834. The Bertz CT molecular complexity index is 1060. The summed E-state index contributed by atoms with van der Waals surface area (Å²) in [6.45, 7) is 2.33. The Kier molecular flexibility index (Phi) is 5.97. The van der Waals surface area contributed by atoms with Crippen molar-refractivity contribution in [2.24, 2.45) is 0 Å². The summed E-state index contributed by atoms with van der Waals surface area (Å²) in [5.41, 5.74) is 1.31. The molecule has 0 unspecified atom stereocenters. The topological polar surface area (TPSA) is 84.7 Å². The fourth-order valence-corrected chi connectivity index (χ4v) is 3.56. The molecule has 160 valence electrons. The van der Waals surface area contributed by atoms with Gasteiger partial charge in [-0.15, -0.1) is 0 Å². The van der Waals surface area contributed by atoms with E-state index in [1.54, 1.807) is 42.2 Å². The number of aryl methyl sites for hydroxylation is 1. The van der Waals surface area contributed by atoms with Gasteiger partial charge in [-0.3, -0.25) is 9.59 Å². The van der Waals surface area contributed by atoms with Crippen molar-refractivity contribution in [2.45, 2.75) is 32.2 Å². The van der Waals surface area contributed by atoms with Crippen molar-refractivity contribution in [3.05, 3.63) is 71.9 Å². The van der Waals surface area contributed by atoms with Crippen LogP contribution in [0.15, 0.2) is 59.1 Å². The summed E-state index contributed by atoms with van der Waals surface area (Å²) in [6, 6.07) is 13.8. The summed E-state index contributed by atoms with van der Waals surface area (Å²) in [5, 5.41) is 6.65. The van der Waals surface area contributed by atoms with Gasteiger partial charge in [-0.1, -0.05) is 5.16 Å². The van der Waals surface area contributed by atoms with E-state index in [0.29, 0.717) is 41.6 Å². The third-order valence-corrected chi connectivity index (χ3v) is 5.05. The second kappa shape index (κ2) is 8.99. The Labute approximate surface area is 178 Å². The Balaban J connectivity index is 1.35. The second-order valence-corrected chi connectivity index (χ2v) is 7.43. The van der Waals surface area contributed by atoms with Crippen molar-refractivity contribution in [3.8, 4) is 11.5 Å². The Morgan fingerprint density at radius 2 is 1.84 bits per heavy atom. The molecule has 2 heterocycles. The number of carbonyl (C=O) groups is 2. The van der Waals surface area contributed by atoms with Gasteiger partial charge in [0.25, 0.3) is 0 Å². The van der Waals surface area contributed by atoms with Gasteiger partial charge >= 0.3 is 0 Å². The highest BCUT2D eigenvalue weighted by atomic mass is 19.1. The number of rotatable bonds is 6. The van der Waals surface area contributed by atoms with Crippen LogP contribution in [0.4, 0.5) is 10.1 Å². The van der Waals surface area contributed by atoms with Crippen LogP contribution in [-0.2, 0) is 16.0 Å². The summed E-state index contributed by atoms with van der Waals surface area (Å²) in [4.78, 5) is 27.0. The van der Waals surface area contributed by atoms with Crippen molar-refractivity contribution in [1.29, 1.82) is 0 Å². The van der Waals surface area contributed by atoms with Crippen LogP contribution in [0, 0.1) is 12.7 Å². The maximum atomic E-state index is 13.0. The number of nitrogens with zero attached hydrogens (tertiary/aromatic N) is 2. The number of carbonyl (C=O) groups excluding carboxylic acids is 2. The SMILES string of the molecule is Cc1cc(CC(=O)N2CCC[C@H]2C(=O)Nc2ccc(Oc3ccc(F)cc3)cc2)on1. The largest absolute Gasteiger partial charge is 0.457 e. The summed E-state index contributed by atoms with van der Waals surface area (Å²) < 4.78 is 23.8. The molecule has 1 aliphatic rings. The molecule has 1 saturated heterocycles. The molecular weight excluding hydrogens is 401 g/mol. The van der Waals surface area contributed by atoms with Gasteiger partial charge in [-0.2, -0.15) is 0 Å². The Hall–Kier alpha value is -3.68. The van der Waals surface area contributed by atoms with Gasteiger partial charge in [0.15, 0.2) is 0 Å². The van der Waals surface area contributed by atoms with Crippen LogP contribution in [0.3, 0.4) is 0 Å². The first-order chi connectivity index (χ1) is 15.0. The zero-order valence-electron chi connectivity index (χ0n) is 17.0. The third-order valence-electron chi connectivity index (χ3n) is 5.05. The van der Waals surface area contributed by atoms with Gasteiger partial charge in [0.1, 0.15) is 29.1 Å². The van der Waals surface area contributed by atoms with E-state index in [9.17, 15) is 14.0 Å². The fourth-order valence-electron chi connectivity index (χ4n) is 3.56. The fraction of sp³-hybridized carbons (Fsp3) is 0.261. The molecule has 0 aliphatic carbocycles. The lowest BCUT2D eigenvalue weighted by Gasteiger charge is -2.23. The first-order valence-electron chi connectivity index (χ1n) is 10.0. The lowest BCUT2D eigenvalue weighted by atomic mass is 10.2. The van der Waals surface area contributed by atoms with Crippen molar-refractivity contribution in [2.75, 3.05) is 11.9 Å². The van der Waals surface area contributed by atoms with E-state index in [0.717, 1.165) is 6.42 Å². The van der Waals surface area contributed by atoms with E-state index in [-0.39, 0.29) is 24.1 Å². The number of amides is 2. The molecule has 3 aromatic rings. The van der Waals surface area contributed by atoms with Crippen LogP contribution in [0.2, 0.25) is 0 Å². The number of halogens is 1. The number of nitrogens with one attached hydrogen (secondary N) is 1. The van der Waals surface area contributed by atoms with Gasteiger partial charge in [0.2, 0.25) is 11.8 Å². The van der Waals surface area contributed by atoms with Crippen molar-refractivity contribution in [1.82, 2.24) is 10.1 Å². The molecule has 2 aromatic carbocycles. The monoisotopic (exact) mass is 423 g/mol. The number of anilines is 1. The van der Waals surface area contributed by atoms with E-state index >= 15 is 0 Å². The highest BCUT2D eigenvalue weighted by Crippen LogP contribution is 2.25. The summed E-state index contributed by atoms with van der Waals surface area (Å²) >= 11 is 0. The van der Waals surface area contributed by atoms with Crippen LogP contribution >= 0.6 is 0 Å². The molecule has 8 heteroatoms. The number of benzene rings is 2. The first-order valence-corrected chi connectivity index (χ1v) is 10.0. The van der Waals surface area contributed by atoms with Crippen molar-refractivity contribution in [3.63, 3.8) is 0 Å². The van der Waals surface area contributed by atoms with E-state index in [1.807, 2.05) is 0 Å². The van der Waals surface area contributed by atoms with Crippen molar-refractivity contribution < 1.29 is 23.2 Å². The van der Waals surface area contributed by atoms with Gasteiger partial charge in [0.05, 0.1) is 12.1 Å². The molecule has 0 bridgehead atoms. The third kappa shape index (κ3) is 5.09. The number of hydrogen-bond donors (Lipinski definition) is 1. The molecule has 0 radical (unpaired) electrons. The molecule has 0 spiro atoms. The highest BCUT2D eigenvalue weighted by molar-refractivity contribution is 5.97. The molecule has 4 rings (SSSR count). The van der Waals surface area contributed by atoms with Crippen molar-refractivity contribution >= 4 is 17.5 Å². The van der Waals surface area contributed by atoms with Gasteiger partial charge in [0, 0.05) is 18.3 Å². The first kappa shape index (κ1) is 20.6. The predicted octanol–water partition coefficient (Wildman–Crippen LogP) is 4.09. The quantitative estimate of drug-likeness (QED) is 0.646. The minimum atomic E-state index is -0.522. The Morgan fingerprint density at radius 1 is 1.16 bits per heavy atom. The van der Waals surface area contributed by atoms with Gasteiger partial charge in [-0.25, -0.2) is 4.39 Å². The van der Waals surface area contributed by atoms with Gasteiger partial charge in [-0.05, 0) is 68.3 Å². The van der Waals surface area contributed by atoms with E-state index < -0.39 is 6.04 Å². The molecular formula is C23H22FN3O4. The van der Waals surface area contributed by atoms with Gasteiger partial charge < -0.3 is 19.5 Å². The van der Waals surface area contributed by atoms with Crippen LogP contribution < -0.4 is 10.1 Å². The van der Waals surface area contributed by atoms with E-state index in [4.69, 9.17) is 9.26 Å². The molecule has 1 atom stereocenters. The number of likely N-dealkylation sites (tertiary alicyclic amines) is 1. The van der Waals surface area contributed by atoms with Crippen LogP contribution in [-0.4, -0.2) is 34.5 Å². The van der Waals surface area contributed by atoms with Crippen LogP contribution in [0.25, 0.3) is 0 Å². The standard InChI is InChI=1S/C23H22FN3O4/c1-15-13-20(31-26-15)14-22(28)27-12-2-3-21(27)23(29)25-17-6-10-19(11-7-17)30-18-8-4-16(24)5-9-18/h4-11,13,21H,2-3,12,14H2,1H3,(H,25,29)/t21-/m0/s1. The second-order valence-electron chi connectivity index (χ2n) is 7.43. The normalized spacial score (nSPS) is 15.7. The van der Waals surface area contributed by atoms with Crippen LogP contribution in [0.5, 0.6) is 11.5 Å². The molecule has 31 heavy (non-hydrogen) atoms. The maximum absolute atomic E-state index is 13.0. The molecule has 1 fully saturated rings. The molecule has 7 nitrogen and oxygen atoms in total.